The minimum atomic E-state index is -0.367. The van der Waals surface area contributed by atoms with Gasteiger partial charge in [0.1, 0.15) is 5.75 Å². The molecule has 1 rings (SSSR count). The molecule has 0 aliphatic carbocycles. The minimum absolute atomic E-state index is 0.0756. The van der Waals surface area contributed by atoms with Gasteiger partial charge < -0.3 is 9.84 Å². The van der Waals surface area contributed by atoms with Crippen LogP contribution in [0.25, 0.3) is 6.08 Å². The van der Waals surface area contributed by atoms with E-state index in [9.17, 15) is 9.90 Å². The van der Waals surface area contributed by atoms with E-state index in [0.717, 1.165) is 5.56 Å². The first-order valence-corrected chi connectivity index (χ1v) is 5.60. The topological polar surface area (TPSA) is 67.8 Å². The zero-order chi connectivity index (χ0) is 13.4. The van der Waals surface area contributed by atoms with Crippen molar-refractivity contribution in [3.05, 3.63) is 35.5 Å². The number of hydrogen-bond acceptors (Lipinski definition) is 5. The Balaban J connectivity index is 2.83. The van der Waals surface area contributed by atoms with Crippen molar-refractivity contribution >= 4 is 12.0 Å². The first-order chi connectivity index (χ1) is 8.65. The Hall–Kier alpha value is -2.01. The molecule has 0 amide bonds. The van der Waals surface area contributed by atoms with Crippen molar-refractivity contribution in [1.29, 1.82) is 0 Å². The van der Waals surface area contributed by atoms with Crippen LogP contribution in [0.5, 0.6) is 5.75 Å². The second-order valence-corrected chi connectivity index (χ2v) is 3.55. The van der Waals surface area contributed by atoms with E-state index in [-0.39, 0.29) is 18.1 Å². The van der Waals surface area contributed by atoms with Crippen molar-refractivity contribution in [2.24, 2.45) is 0 Å². The molecule has 1 aromatic rings. The van der Waals surface area contributed by atoms with Crippen molar-refractivity contribution in [3.63, 3.8) is 0 Å². The molecule has 5 heteroatoms. The second kappa shape index (κ2) is 7.34. The molecule has 0 spiro atoms. The normalized spacial score (nSPS) is 11.1. The Morgan fingerprint density at radius 3 is 2.89 bits per heavy atom. The van der Waals surface area contributed by atoms with Gasteiger partial charge in [-0.1, -0.05) is 12.1 Å². The summed E-state index contributed by atoms with van der Waals surface area (Å²) >= 11 is 0. The molecule has 2 N–H and O–H groups in total. The van der Waals surface area contributed by atoms with Crippen LogP contribution in [-0.2, 0) is 14.4 Å². The van der Waals surface area contributed by atoms with Gasteiger partial charge in [-0.15, -0.1) is 0 Å². The van der Waals surface area contributed by atoms with Gasteiger partial charge in [0, 0.05) is 5.70 Å². The van der Waals surface area contributed by atoms with Crippen LogP contribution in [-0.4, -0.2) is 24.8 Å². The zero-order valence-electron chi connectivity index (χ0n) is 10.5. The van der Waals surface area contributed by atoms with Crippen LogP contribution in [0.15, 0.2) is 30.0 Å². The number of ether oxygens (including phenoxy) is 1. The van der Waals surface area contributed by atoms with E-state index < -0.39 is 0 Å². The summed E-state index contributed by atoms with van der Waals surface area (Å²) in [6, 6.07) is 6.69. The largest absolute Gasteiger partial charge is 0.508 e. The maximum absolute atomic E-state index is 11.2. The van der Waals surface area contributed by atoms with E-state index in [1.54, 1.807) is 24.3 Å². The summed E-state index contributed by atoms with van der Waals surface area (Å²) in [4.78, 5) is 16.3. The molecular formula is C13H17NO4. The quantitative estimate of drug-likeness (QED) is 0.596. The number of benzene rings is 1. The molecule has 0 saturated carbocycles. The van der Waals surface area contributed by atoms with E-state index in [1.807, 2.05) is 13.0 Å². The molecule has 1 aromatic carbocycles. The second-order valence-electron chi connectivity index (χ2n) is 3.55. The third-order valence-electron chi connectivity index (χ3n) is 2.12. The van der Waals surface area contributed by atoms with Gasteiger partial charge in [0.25, 0.3) is 0 Å². The molecule has 18 heavy (non-hydrogen) atoms. The summed E-state index contributed by atoms with van der Waals surface area (Å²) in [6.07, 6.45) is 1.79. The third-order valence-corrected chi connectivity index (χ3v) is 2.12. The number of carbonyl (C=O) groups is 1. The molecule has 0 radical (unpaired) electrons. The van der Waals surface area contributed by atoms with E-state index in [4.69, 9.17) is 4.84 Å². The standard InChI is InChI=1S/C13H17NO4/c1-3-18-14-11(9-13(16)17-2)7-10-5-4-6-12(15)8-10/h4-8,14-15H,3,9H2,1-2H3. The Bertz CT molecular complexity index is 429. The lowest BCUT2D eigenvalue weighted by atomic mass is 10.1. The van der Waals surface area contributed by atoms with Crippen molar-refractivity contribution in [2.45, 2.75) is 13.3 Å². The number of phenolic OH excluding ortho intramolecular Hbond substituents is 1. The average Bonchev–Trinajstić information content (AvgIpc) is 2.35. The summed E-state index contributed by atoms with van der Waals surface area (Å²) in [5.41, 5.74) is 4.01. The predicted octanol–water partition coefficient (Wildman–Crippen LogP) is 1.84. The summed E-state index contributed by atoms with van der Waals surface area (Å²) < 4.78 is 4.60. The molecular weight excluding hydrogens is 234 g/mol. The highest BCUT2D eigenvalue weighted by Gasteiger charge is 2.06. The molecule has 5 nitrogen and oxygen atoms in total. The van der Waals surface area contributed by atoms with Crippen molar-refractivity contribution in [2.75, 3.05) is 13.7 Å². The monoisotopic (exact) mass is 251 g/mol. The van der Waals surface area contributed by atoms with Crippen LogP contribution < -0.4 is 5.48 Å². The molecule has 0 aromatic heterocycles. The van der Waals surface area contributed by atoms with Crippen molar-refractivity contribution in [1.82, 2.24) is 5.48 Å². The van der Waals surface area contributed by atoms with Crippen molar-refractivity contribution in [3.8, 4) is 5.75 Å². The maximum atomic E-state index is 11.2. The molecule has 98 valence electrons. The summed E-state index contributed by atoms with van der Waals surface area (Å²) in [7, 11) is 1.33. The molecule has 0 aliphatic heterocycles. The fourth-order valence-electron chi connectivity index (χ4n) is 1.32. The summed E-state index contributed by atoms with van der Waals surface area (Å²) in [5.74, 6) is -0.203. The van der Waals surface area contributed by atoms with Gasteiger partial charge in [-0.2, -0.15) is 0 Å². The molecule has 0 saturated heterocycles. The molecule has 0 bridgehead atoms. The van der Waals surface area contributed by atoms with Crippen LogP contribution in [0.4, 0.5) is 0 Å². The average molecular weight is 251 g/mol. The number of hydroxylamine groups is 1. The van der Waals surface area contributed by atoms with Gasteiger partial charge in [0.2, 0.25) is 0 Å². The van der Waals surface area contributed by atoms with E-state index in [1.165, 1.54) is 7.11 Å². The molecule has 0 heterocycles. The lowest BCUT2D eigenvalue weighted by Gasteiger charge is -2.09. The number of aromatic hydroxyl groups is 1. The fraction of sp³-hybridized carbons (Fsp3) is 0.308. The molecule has 0 unspecified atom stereocenters. The number of esters is 1. The zero-order valence-corrected chi connectivity index (χ0v) is 10.5. The van der Waals surface area contributed by atoms with Gasteiger partial charge >= 0.3 is 5.97 Å². The maximum Gasteiger partial charge on any atom is 0.311 e. The SMILES string of the molecule is CCONC(=Cc1cccc(O)c1)CC(=O)OC. The summed E-state index contributed by atoms with van der Waals surface area (Å²) in [6.45, 7) is 2.30. The first-order valence-electron chi connectivity index (χ1n) is 5.60. The van der Waals surface area contributed by atoms with Gasteiger partial charge in [0.05, 0.1) is 20.1 Å². The first kappa shape index (κ1) is 14.1. The van der Waals surface area contributed by atoms with Gasteiger partial charge in [-0.3, -0.25) is 15.1 Å². The van der Waals surface area contributed by atoms with E-state index in [0.29, 0.717) is 12.3 Å². The number of rotatable bonds is 6. The van der Waals surface area contributed by atoms with Crippen molar-refractivity contribution < 1.29 is 19.5 Å². The van der Waals surface area contributed by atoms with Gasteiger partial charge in [-0.25, -0.2) is 0 Å². The highest BCUT2D eigenvalue weighted by atomic mass is 16.6. The smallest absolute Gasteiger partial charge is 0.311 e. The van der Waals surface area contributed by atoms with Crippen LogP contribution in [0.3, 0.4) is 0 Å². The summed E-state index contributed by atoms with van der Waals surface area (Å²) in [5, 5.41) is 9.36. The Morgan fingerprint density at radius 2 is 2.28 bits per heavy atom. The van der Waals surface area contributed by atoms with Gasteiger partial charge in [-0.05, 0) is 30.7 Å². The van der Waals surface area contributed by atoms with Crippen LogP contribution in [0.1, 0.15) is 18.9 Å². The Labute approximate surface area is 106 Å². The Kier molecular flexibility index (Phi) is 5.73. The van der Waals surface area contributed by atoms with Crippen LogP contribution in [0, 0.1) is 0 Å². The van der Waals surface area contributed by atoms with Gasteiger partial charge in [0.15, 0.2) is 0 Å². The van der Waals surface area contributed by atoms with E-state index >= 15 is 0 Å². The number of phenols is 1. The predicted molar refractivity (Wildman–Crippen MR) is 67.5 cm³/mol. The lowest BCUT2D eigenvalue weighted by molar-refractivity contribution is -0.140. The highest BCUT2D eigenvalue weighted by molar-refractivity contribution is 5.74. The highest BCUT2D eigenvalue weighted by Crippen LogP contribution is 2.14. The number of carbonyl (C=O) groups excluding carboxylic acids is 1. The number of methoxy groups -OCH3 is 1. The van der Waals surface area contributed by atoms with E-state index in [2.05, 4.69) is 10.2 Å². The Morgan fingerprint density at radius 1 is 1.50 bits per heavy atom. The van der Waals surface area contributed by atoms with Crippen LogP contribution >= 0.6 is 0 Å². The molecule has 0 fully saturated rings. The minimum Gasteiger partial charge on any atom is -0.508 e. The number of hydrogen-bond donors (Lipinski definition) is 2. The van der Waals surface area contributed by atoms with Crippen LogP contribution in [0.2, 0.25) is 0 Å². The molecule has 0 atom stereocenters. The number of nitrogens with one attached hydrogen (secondary N) is 1. The third kappa shape index (κ3) is 4.88. The molecule has 0 aliphatic rings. The lowest BCUT2D eigenvalue weighted by Crippen LogP contribution is -2.17. The fourth-order valence-corrected chi connectivity index (χ4v) is 1.32.